The van der Waals surface area contributed by atoms with Gasteiger partial charge in [-0.3, -0.25) is 19.8 Å². The van der Waals surface area contributed by atoms with Gasteiger partial charge in [0, 0.05) is 6.42 Å². The van der Waals surface area contributed by atoms with Gasteiger partial charge in [0.05, 0.1) is 6.54 Å². The van der Waals surface area contributed by atoms with Crippen molar-refractivity contribution in [1.29, 1.82) is 0 Å². The maximum Gasteiger partial charge on any atom is 0.408 e. The first-order chi connectivity index (χ1) is 17.5. The third kappa shape index (κ3) is 11.0. The molecule has 2 rings (SSSR count). The number of hydrogen-bond acceptors (Lipinski definition) is 7. The van der Waals surface area contributed by atoms with E-state index in [9.17, 15) is 19.2 Å². The van der Waals surface area contributed by atoms with Crippen molar-refractivity contribution in [1.82, 2.24) is 21.4 Å². The minimum atomic E-state index is -1.03. The topological polar surface area (TPSA) is 161 Å². The molecule has 0 radical (unpaired) electrons. The molecule has 0 unspecified atom stereocenters. The summed E-state index contributed by atoms with van der Waals surface area (Å²) >= 11 is 0. The van der Waals surface area contributed by atoms with Crippen LogP contribution < -0.4 is 32.0 Å². The van der Waals surface area contributed by atoms with E-state index in [0.29, 0.717) is 12.4 Å². The van der Waals surface area contributed by atoms with Crippen molar-refractivity contribution < 1.29 is 28.7 Å². The fourth-order valence-corrected chi connectivity index (χ4v) is 3.11. The summed E-state index contributed by atoms with van der Waals surface area (Å²) in [7, 11) is 0. The molecule has 0 heterocycles. The van der Waals surface area contributed by atoms with Gasteiger partial charge in [-0.15, -0.1) is 0 Å². The van der Waals surface area contributed by atoms with E-state index < -0.39 is 41.5 Å². The minimum absolute atomic E-state index is 0.133. The first kappa shape index (κ1) is 29.1. The van der Waals surface area contributed by atoms with E-state index >= 15 is 0 Å². The number of rotatable bonds is 11. The Labute approximate surface area is 216 Å². The van der Waals surface area contributed by atoms with Gasteiger partial charge in [0.1, 0.15) is 30.0 Å². The average Bonchev–Trinajstić information content (AvgIpc) is 2.85. The molecule has 200 valence electrons. The number of carbonyl (C=O) groups is 4. The van der Waals surface area contributed by atoms with E-state index in [4.69, 9.17) is 15.3 Å². The molecule has 0 saturated heterocycles. The molecule has 2 aromatic carbocycles. The average molecular weight is 514 g/mol. The zero-order chi connectivity index (χ0) is 27.4. The van der Waals surface area contributed by atoms with Crippen molar-refractivity contribution in [2.75, 3.05) is 6.54 Å². The lowest BCUT2D eigenvalue weighted by Crippen LogP contribution is -2.54. The molecule has 0 bridgehead atoms. The maximum absolute atomic E-state index is 13.0. The summed E-state index contributed by atoms with van der Waals surface area (Å²) in [6, 6.07) is 14.9. The number of amides is 4. The molecule has 0 fully saturated rings. The molecule has 2 aromatic rings. The Morgan fingerprint density at radius 1 is 0.892 bits per heavy atom. The van der Waals surface area contributed by atoms with Gasteiger partial charge < -0.3 is 25.4 Å². The fraction of sp³-hybridized carbons (Fsp3) is 0.385. The van der Waals surface area contributed by atoms with Gasteiger partial charge in [0.15, 0.2) is 0 Å². The van der Waals surface area contributed by atoms with E-state index in [0.717, 1.165) is 11.1 Å². The lowest BCUT2D eigenvalue weighted by molar-refractivity contribution is -0.130. The fourth-order valence-electron chi connectivity index (χ4n) is 3.11. The van der Waals surface area contributed by atoms with Crippen LogP contribution in [0.5, 0.6) is 5.75 Å². The molecular formula is C26H35N5O6. The number of hydrogen-bond donors (Lipinski definition) is 5. The van der Waals surface area contributed by atoms with Crippen LogP contribution in [-0.2, 0) is 32.1 Å². The second-order valence-electron chi connectivity index (χ2n) is 9.34. The van der Waals surface area contributed by atoms with Gasteiger partial charge in [-0.1, -0.05) is 42.5 Å². The van der Waals surface area contributed by atoms with Crippen LogP contribution in [0.3, 0.4) is 0 Å². The van der Waals surface area contributed by atoms with Crippen molar-refractivity contribution >= 4 is 23.8 Å². The molecule has 6 N–H and O–H groups in total. The zero-order valence-electron chi connectivity index (χ0n) is 21.5. The summed E-state index contributed by atoms with van der Waals surface area (Å²) in [5.41, 5.74) is 2.91. The number of benzene rings is 2. The molecule has 0 aliphatic rings. The second kappa shape index (κ2) is 13.8. The molecule has 11 heteroatoms. The van der Waals surface area contributed by atoms with Gasteiger partial charge >= 0.3 is 6.09 Å². The molecule has 0 spiro atoms. The van der Waals surface area contributed by atoms with Crippen molar-refractivity contribution in [3.63, 3.8) is 0 Å². The lowest BCUT2D eigenvalue weighted by Gasteiger charge is -2.24. The van der Waals surface area contributed by atoms with Crippen molar-refractivity contribution in [3.8, 4) is 5.75 Å². The van der Waals surface area contributed by atoms with E-state index in [1.807, 2.05) is 35.8 Å². The monoisotopic (exact) mass is 513 g/mol. The Morgan fingerprint density at radius 2 is 1.54 bits per heavy atom. The second-order valence-corrected chi connectivity index (χ2v) is 9.34. The Morgan fingerprint density at radius 3 is 2.14 bits per heavy atom. The predicted octanol–water partition coefficient (Wildman–Crippen LogP) is 1.31. The molecule has 0 aliphatic carbocycles. The van der Waals surface area contributed by atoms with Gasteiger partial charge in [-0.2, -0.15) is 0 Å². The van der Waals surface area contributed by atoms with Crippen molar-refractivity contribution in [2.24, 2.45) is 5.84 Å². The standard InChI is InChI=1S/C26H35N5O6/c1-17(23(33)28-15-22(32)31-27)29-24(34)21(30-25(35)37-26(2,3)4)14-18-10-12-20(13-11-18)36-16-19-8-6-5-7-9-19/h5-13,17,21H,14-16,27H2,1-4H3,(H,28,33)(H,29,34)(H,30,35)(H,31,32)/t17-,21-/m1/s1. The summed E-state index contributed by atoms with van der Waals surface area (Å²) in [6.07, 6.45) is -0.638. The molecule has 0 saturated carbocycles. The molecule has 11 nitrogen and oxygen atoms in total. The molecular weight excluding hydrogens is 478 g/mol. The Kier molecular flexibility index (Phi) is 10.9. The molecule has 0 aliphatic heterocycles. The zero-order valence-corrected chi connectivity index (χ0v) is 21.5. The summed E-state index contributed by atoms with van der Waals surface area (Å²) in [5, 5.41) is 7.48. The van der Waals surface area contributed by atoms with Gasteiger partial charge in [-0.05, 0) is 51.0 Å². The molecule has 4 amide bonds. The number of hydrazine groups is 1. The first-order valence-electron chi connectivity index (χ1n) is 11.8. The smallest absolute Gasteiger partial charge is 0.408 e. The van der Waals surface area contributed by atoms with Gasteiger partial charge in [-0.25, -0.2) is 10.6 Å². The summed E-state index contributed by atoms with van der Waals surface area (Å²) in [5.74, 6) is 3.87. The number of nitrogens with two attached hydrogens (primary N) is 1. The van der Waals surface area contributed by atoms with Crippen LogP contribution in [0.2, 0.25) is 0 Å². The summed E-state index contributed by atoms with van der Waals surface area (Å²) in [4.78, 5) is 48.9. The van der Waals surface area contributed by atoms with Crippen molar-refractivity contribution in [3.05, 3.63) is 65.7 Å². The largest absolute Gasteiger partial charge is 0.489 e. The highest BCUT2D eigenvalue weighted by Gasteiger charge is 2.27. The number of carbonyl (C=O) groups excluding carboxylic acids is 4. The third-order valence-electron chi connectivity index (χ3n) is 4.96. The summed E-state index contributed by atoms with van der Waals surface area (Å²) < 4.78 is 11.1. The van der Waals surface area contributed by atoms with Crippen LogP contribution in [0, 0.1) is 0 Å². The predicted molar refractivity (Wildman–Crippen MR) is 137 cm³/mol. The van der Waals surface area contributed by atoms with E-state index in [-0.39, 0.29) is 13.0 Å². The lowest BCUT2D eigenvalue weighted by atomic mass is 10.0. The van der Waals surface area contributed by atoms with Crippen LogP contribution >= 0.6 is 0 Å². The van der Waals surface area contributed by atoms with Crippen LogP contribution in [0.4, 0.5) is 4.79 Å². The van der Waals surface area contributed by atoms with E-state index in [1.54, 1.807) is 45.0 Å². The molecule has 37 heavy (non-hydrogen) atoms. The normalized spacial score (nSPS) is 12.5. The van der Waals surface area contributed by atoms with E-state index in [2.05, 4.69) is 16.0 Å². The highest BCUT2D eigenvalue weighted by atomic mass is 16.6. The van der Waals surface area contributed by atoms with Crippen LogP contribution in [-0.4, -0.2) is 48.0 Å². The van der Waals surface area contributed by atoms with Crippen molar-refractivity contribution in [2.45, 2.75) is 58.4 Å². The minimum Gasteiger partial charge on any atom is -0.489 e. The summed E-state index contributed by atoms with van der Waals surface area (Å²) in [6.45, 7) is 6.66. The molecule has 0 aromatic heterocycles. The van der Waals surface area contributed by atoms with Gasteiger partial charge in [0.25, 0.3) is 5.91 Å². The quantitative estimate of drug-likeness (QED) is 0.172. The third-order valence-corrected chi connectivity index (χ3v) is 4.96. The van der Waals surface area contributed by atoms with Crippen LogP contribution in [0.25, 0.3) is 0 Å². The van der Waals surface area contributed by atoms with E-state index in [1.165, 1.54) is 6.92 Å². The number of ether oxygens (including phenoxy) is 2. The SMILES string of the molecule is C[C@@H](NC(=O)[C@@H](Cc1ccc(OCc2ccccc2)cc1)NC(=O)OC(C)(C)C)C(=O)NCC(=O)NN. The van der Waals surface area contributed by atoms with Crippen LogP contribution in [0.1, 0.15) is 38.8 Å². The van der Waals surface area contributed by atoms with Crippen LogP contribution in [0.15, 0.2) is 54.6 Å². The Hall–Kier alpha value is -4.12. The molecule has 2 atom stereocenters. The Bertz CT molecular complexity index is 1050. The highest BCUT2D eigenvalue weighted by Crippen LogP contribution is 2.16. The number of nitrogens with one attached hydrogen (secondary N) is 4. The maximum atomic E-state index is 13.0. The highest BCUT2D eigenvalue weighted by molar-refractivity contribution is 5.92. The first-order valence-corrected chi connectivity index (χ1v) is 11.8. The number of alkyl carbamates (subject to hydrolysis) is 1. The van der Waals surface area contributed by atoms with Gasteiger partial charge in [0.2, 0.25) is 11.8 Å². The Balaban J connectivity index is 2.05.